The van der Waals surface area contributed by atoms with Gasteiger partial charge in [0.05, 0.1) is 17.6 Å². The molecule has 0 spiro atoms. The van der Waals surface area contributed by atoms with Crippen molar-refractivity contribution in [2.24, 2.45) is 0 Å². The van der Waals surface area contributed by atoms with Crippen molar-refractivity contribution in [2.45, 2.75) is 39.2 Å². The van der Waals surface area contributed by atoms with Crippen molar-refractivity contribution in [2.75, 3.05) is 6.61 Å². The summed E-state index contributed by atoms with van der Waals surface area (Å²) < 4.78 is 10.5. The van der Waals surface area contributed by atoms with Crippen LogP contribution in [0, 0.1) is 0 Å². The summed E-state index contributed by atoms with van der Waals surface area (Å²) in [5, 5.41) is 2.56. The average molecular weight is 515 g/mol. The first kappa shape index (κ1) is 20.5. The second kappa shape index (κ2) is 9.36. The maximum atomic E-state index is 5.90. The van der Waals surface area contributed by atoms with Gasteiger partial charge >= 0.3 is 0 Å². The Balaban J connectivity index is 1.58. The van der Waals surface area contributed by atoms with E-state index < -0.39 is 0 Å². The fraction of sp³-hybridized carbons (Fsp3) is 0.280. The van der Waals surface area contributed by atoms with E-state index in [1.165, 1.54) is 46.6 Å². The number of unbranched alkanes of at least 4 members (excludes halogenated alkanes) is 3. The van der Waals surface area contributed by atoms with Crippen LogP contribution in [0.1, 0.15) is 38.2 Å². The zero-order chi connectivity index (χ0) is 20.2. The first-order chi connectivity index (χ1) is 14.2. The lowest BCUT2D eigenvalue weighted by atomic mass is 10.2. The van der Waals surface area contributed by atoms with Crippen molar-refractivity contribution < 1.29 is 4.74 Å². The van der Waals surface area contributed by atoms with Crippen molar-refractivity contribution in [3.05, 3.63) is 75.2 Å². The quantitative estimate of drug-likeness (QED) is 0.215. The number of nitrogens with zero attached hydrogens (tertiary/aromatic N) is 1. The largest absolute Gasteiger partial charge is 0.494 e. The van der Waals surface area contributed by atoms with Gasteiger partial charge in [-0.15, -0.1) is 0 Å². The van der Waals surface area contributed by atoms with Crippen LogP contribution in [0.2, 0.25) is 0 Å². The van der Waals surface area contributed by atoms with E-state index in [0.29, 0.717) is 0 Å². The number of aromatic nitrogens is 1. The Morgan fingerprint density at radius 2 is 1.38 bits per heavy atom. The Morgan fingerprint density at radius 1 is 0.759 bits per heavy atom. The van der Waals surface area contributed by atoms with Crippen LogP contribution < -0.4 is 4.74 Å². The van der Waals surface area contributed by atoms with Gasteiger partial charge in [-0.2, -0.15) is 0 Å². The molecule has 0 amide bonds. The first-order valence-corrected chi connectivity index (χ1v) is 11.8. The minimum absolute atomic E-state index is 0.800. The number of hydrogen-bond donors (Lipinski definition) is 0. The first-order valence-electron chi connectivity index (χ1n) is 10.2. The van der Waals surface area contributed by atoms with Crippen LogP contribution in [0.15, 0.2) is 69.6 Å². The van der Waals surface area contributed by atoms with Gasteiger partial charge in [-0.25, -0.2) is 0 Å². The number of benzene rings is 3. The van der Waals surface area contributed by atoms with Crippen LogP contribution in [-0.4, -0.2) is 11.2 Å². The van der Waals surface area contributed by atoms with Gasteiger partial charge in [0.15, 0.2) is 0 Å². The molecule has 29 heavy (non-hydrogen) atoms. The summed E-state index contributed by atoms with van der Waals surface area (Å²) in [7, 11) is 0. The highest BCUT2D eigenvalue weighted by atomic mass is 79.9. The van der Waals surface area contributed by atoms with Crippen LogP contribution in [0.25, 0.3) is 21.8 Å². The predicted octanol–water partition coefficient (Wildman–Crippen LogP) is 8.33. The van der Waals surface area contributed by atoms with Crippen molar-refractivity contribution in [3.8, 4) is 5.75 Å². The van der Waals surface area contributed by atoms with E-state index in [1.807, 2.05) is 0 Å². The molecule has 0 saturated carbocycles. The topological polar surface area (TPSA) is 14.2 Å². The maximum absolute atomic E-state index is 5.90. The number of halogens is 2. The second-order valence-electron chi connectivity index (χ2n) is 7.46. The van der Waals surface area contributed by atoms with E-state index in [2.05, 4.69) is 104 Å². The molecular weight excluding hydrogens is 490 g/mol. The molecule has 4 heteroatoms. The summed E-state index contributed by atoms with van der Waals surface area (Å²) in [4.78, 5) is 0. The molecule has 0 fully saturated rings. The molecule has 2 nitrogen and oxygen atoms in total. The second-order valence-corrected chi connectivity index (χ2v) is 9.29. The third-order valence-corrected chi connectivity index (χ3v) is 6.31. The minimum atomic E-state index is 0.800. The van der Waals surface area contributed by atoms with Gasteiger partial charge in [-0.1, -0.05) is 82.3 Å². The molecule has 0 aliphatic carbocycles. The lowest BCUT2D eigenvalue weighted by Gasteiger charge is -2.10. The summed E-state index contributed by atoms with van der Waals surface area (Å²) in [6.45, 7) is 3.85. The van der Waals surface area contributed by atoms with E-state index in [0.717, 1.165) is 34.3 Å². The molecule has 1 aromatic heterocycles. The molecule has 0 atom stereocenters. The Hall–Kier alpha value is -1.78. The maximum Gasteiger partial charge on any atom is 0.119 e. The van der Waals surface area contributed by atoms with E-state index in [4.69, 9.17) is 4.74 Å². The van der Waals surface area contributed by atoms with Gasteiger partial charge in [0.1, 0.15) is 5.75 Å². The molecular formula is C25H25Br2NO. The summed E-state index contributed by atoms with van der Waals surface area (Å²) in [5.74, 6) is 0.956. The van der Waals surface area contributed by atoms with Crippen LogP contribution >= 0.6 is 31.9 Å². The molecule has 0 aliphatic rings. The Labute approximate surface area is 189 Å². The molecule has 0 radical (unpaired) electrons. The number of hydrogen-bond acceptors (Lipinski definition) is 1. The van der Waals surface area contributed by atoms with Crippen LogP contribution in [0.3, 0.4) is 0 Å². The molecule has 150 valence electrons. The van der Waals surface area contributed by atoms with E-state index in [9.17, 15) is 0 Å². The highest BCUT2D eigenvalue weighted by Gasteiger charge is 2.12. The van der Waals surface area contributed by atoms with Gasteiger partial charge in [0, 0.05) is 26.3 Å². The predicted molar refractivity (Wildman–Crippen MR) is 130 cm³/mol. The normalized spacial score (nSPS) is 11.4. The minimum Gasteiger partial charge on any atom is -0.494 e. The molecule has 3 aromatic carbocycles. The van der Waals surface area contributed by atoms with Crippen molar-refractivity contribution in [1.82, 2.24) is 4.57 Å². The van der Waals surface area contributed by atoms with E-state index >= 15 is 0 Å². The lowest BCUT2D eigenvalue weighted by Crippen LogP contribution is -2.00. The van der Waals surface area contributed by atoms with Gasteiger partial charge in [-0.3, -0.25) is 0 Å². The van der Waals surface area contributed by atoms with Crippen LogP contribution in [0.5, 0.6) is 5.75 Å². The van der Waals surface area contributed by atoms with Crippen LogP contribution in [0.4, 0.5) is 0 Å². The molecule has 0 aliphatic heterocycles. The van der Waals surface area contributed by atoms with E-state index in [-0.39, 0.29) is 0 Å². The average Bonchev–Trinajstić information content (AvgIpc) is 3.01. The number of fused-ring (bicyclic) bond motifs is 3. The molecule has 0 N–H and O–H groups in total. The highest BCUT2D eigenvalue weighted by Crippen LogP contribution is 2.33. The van der Waals surface area contributed by atoms with Crippen molar-refractivity contribution in [3.63, 3.8) is 0 Å². The number of rotatable bonds is 8. The smallest absolute Gasteiger partial charge is 0.119 e. The molecule has 4 aromatic rings. The zero-order valence-electron chi connectivity index (χ0n) is 16.6. The summed E-state index contributed by atoms with van der Waals surface area (Å²) in [5.41, 5.74) is 3.74. The van der Waals surface area contributed by atoms with Crippen molar-refractivity contribution in [1.29, 1.82) is 0 Å². The molecule has 0 unspecified atom stereocenters. The highest BCUT2D eigenvalue weighted by molar-refractivity contribution is 9.10. The van der Waals surface area contributed by atoms with E-state index in [1.54, 1.807) is 0 Å². The zero-order valence-corrected chi connectivity index (χ0v) is 19.8. The molecule has 1 heterocycles. The fourth-order valence-corrected chi connectivity index (χ4v) is 4.50. The standard InChI is InChI=1S/C25H25Br2NO/c1-2-3-4-5-14-29-21-10-6-18(7-11-21)17-28-24-15-19(26)8-12-22(24)23-13-9-20(27)16-25(23)28/h6-13,15-16H,2-5,14,17H2,1H3. The number of ether oxygens (including phenoxy) is 1. The molecule has 0 bridgehead atoms. The van der Waals surface area contributed by atoms with Gasteiger partial charge in [-0.05, 0) is 48.4 Å². The SMILES string of the molecule is CCCCCCOc1ccc(Cn2c3cc(Br)ccc3c3ccc(Br)cc32)cc1. The van der Waals surface area contributed by atoms with Gasteiger partial charge < -0.3 is 9.30 Å². The van der Waals surface area contributed by atoms with Crippen molar-refractivity contribution >= 4 is 53.7 Å². The monoisotopic (exact) mass is 513 g/mol. The summed E-state index contributed by atoms with van der Waals surface area (Å²) in [6, 6.07) is 21.6. The van der Waals surface area contributed by atoms with Crippen LogP contribution in [-0.2, 0) is 6.54 Å². The van der Waals surface area contributed by atoms with Gasteiger partial charge in [0.25, 0.3) is 0 Å². The molecule has 0 saturated heterocycles. The summed E-state index contributed by atoms with van der Waals surface area (Å²) >= 11 is 7.27. The third-order valence-electron chi connectivity index (χ3n) is 5.32. The van der Waals surface area contributed by atoms with Gasteiger partial charge in [0.2, 0.25) is 0 Å². The Kier molecular flexibility index (Phi) is 6.61. The summed E-state index contributed by atoms with van der Waals surface area (Å²) in [6.07, 6.45) is 4.91. The fourth-order valence-electron chi connectivity index (χ4n) is 3.80. The third kappa shape index (κ3) is 4.70. The Morgan fingerprint density at radius 3 is 1.97 bits per heavy atom. The Bertz CT molecular complexity index is 1060. The molecule has 4 rings (SSSR count). The lowest BCUT2D eigenvalue weighted by molar-refractivity contribution is 0.305.